The molecule has 1 N–H and O–H groups in total. The summed E-state index contributed by atoms with van der Waals surface area (Å²) in [6.45, 7) is 4.53. The normalized spacial score (nSPS) is 18.6. The number of nitrogens with one attached hydrogen (secondary N) is 1. The Balaban J connectivity index is 0.00000113. The molecule has 1 atom stereocenters. The van der Waals surface area contributed by atoms with Crippen molar-refractivity contribution in [3.63, 3.8) is 0 Å². The Hall–Kier alpha value is -1.26. The van der Waals surface area contributed by atoms with Crippen molar-refractivity contribution in [1.82, 2.24) is 10.2 Å². The number of ether oxygens (including phenoxy) is 1. The van der Waals surface area contributed by atoms with Crippen molar-refractivity contribution in [2.75, 3.05) is 26.2 Å². The van der Waals surface area contributed by atoms with Crippen molar-refractivity contribution in [3.8, 4) is 11.5 Å². The topological polar surface area (TPSA) is 24.5 Å². The van der Waals surface area contributed by atoms with E-state index in [0.29, 0.717) is 6.04 Å². The highest BCUT2D eigenvalue weighted by Crippen LogP contribution is 2.44. The molecule has 2 aromatic rings. The molecular weight excluding hydrogens is 355 g/mol. The van der Waals surface area contributed by atoms with E-state index in [1.807, 2.05) is 30.3 Å². The summed E-state index contributed by atoms with van der Waals surface area (Å²) in [6, 6.07) is 19.3. The lowest BCUT2D eigenvalue weighted by molar-refractivity contribution is 0.156. The van der Waals surface area contributed by atoms with Crippen molar-refractivity contribution >= 4 is 24.8 Å². The van der Waals surface area contributed by atoms with Crippen molar-refractivity contribution in [3.05, 3.63) is 60.2 Å². The third-order valence-electron chi connectivity index (χ3n) is 4.81. The van der Waals surface area contributed by atoms with Crippen molar-refractivity contribution in [2.24, 2.45) is 5.92 Å². The van der Waals surface area contributed by atoms with Crippen LogP contribution in [0, 0.1) is 5.92 Å². The van der Waals surface area contributed by atoms with E-state index in [1.54, 1.807) is 0 Å². The summed E-state index contributed by atoms with van der Waals surface area (Å²) in [5.74, 6) is 2.64. The molecule has 5 heteroatoms. The van der Waals surface area contributed by atoms with E-state index in [-0.39, 0.29) is 24.8 Å². The van der Waals surface area contributed by atoms with Gasteiger partial charge < -0.3 is 10.1 Å². The second-order valence-corrected chi connectivity index (χ2v) is 6.55. The Morgan fingerprint density at radius 2 is 1.44 bits per heavy atom. The monoisotopic (exact) mass is 380 g/mol. The first-order valence-corrected chi connectivity index (χ1v) is 8.68. The molecule has 1 saturated carbocycles. The van der Waals surface area contributed by atoms with Gasteiger partial charge in [0.2, 0.25) is 0 Å². The molecule has 2 aliphatic rings. The molecule has 0 unspecified atom stereocenters. The van der Waals surface area contributed by atoms with Gasteiger partial charge in [-0.25, -0.2) is 0 Å². The minimum Gasteiger partial charge on any atom is -0.457 e. The van der Waals surface area contributed by atoms with Crippen molar-refractivity contribution < 1.29 is 4.74 Å². The molecular formula is C20H26Cl2N2O. The van der Waals surface area contributed by atoms with Crippen LogP contribution in [0.25, 0.3) is 0 Å². The van der Waals surface area contributed by atoms with Crippen LogP contribution in [0.3, 0.4) is 0 Å². The standard InChI is InChI=1S/C20H24N2O.2ClH/c1-2-4-18(5-3-1)23-19-10-8-17(9-11-19)20(16-6-7-16)22-14-12-21-13-15-22;;/h1-5,8-11,16,20-21H,6-7,12-15H2;2*1H/t20-;;/m1../s1. The Morgan fingerprint density at radius 1 is 0.840 bits per heavy atom. The van der Waals surface area contributed by atoms with Gasteiger partial charge in [0.15, 0.2) is 0 Å². The maximum absolute atomic E-state index is 5.91. The molecule has 25 heavy (non-hydrogen) atoms. The Morgan fingerprint density at radius 3 is 2.04 bits per heavy atom. The maximum Gasteiger partial charge on any atom is 0.127 e. The molecule has 4 rings (SSSR count). The molecule has 136 valence electrons. The Labute approximate surface area is 162 Å². The van der Waals surface area contributed by atoms with Gasteiger partial charge in [-0.05, 0) is 48.6 Å². The summed E-state index contributed by atoms with van der Waals surface area (Å²) in [5, 5.41) is 3.46. The van der Waals surface area contributed by atoms with E-state index < -0.39 is 0 Å². The van der Waals surface area contributed by atoms with Gasteiger partial charge >= 0.3 is 0 Å². The first-order valence-electron chi connectivity index (χ1n) is 8.68. The fourth-order valence-corrected chi connectivity index (χ4v) is 3.51. The van der Waals surface area contributed by atoms with Gasteiger partial charge in [0.1, 0.15) is 11.5 Å². The molecule has 2 aromatic carbocycles. The first kappa shape index (κ1) is 20.1. The number of hydrogen-bond donors (Lipinski definition) is 1. The summed E-state index contributed by atoms with van der Waals surface area (Å²) in [4.78, 5) is 2.65. The largest absolute Gasteiger partial charge is 0.457 e. The van der Waals surface area contributed by atoms with Crippen LogP contribution in [0.4, 0.5) is 0 Å². The lowest BCUT2D eigenvalue weighted by Gasteiger charge is -2.35. The molecule has 0 radical (unpaired) electrons. The first-order chi connectivity index (χ1) is 11.4. The lowest BCUT2D eigenvalue weighted by Crippen LogP contribution is -2.45. The predicted octanol–water partition coefficient (Wildman–Crippen LogP) is 4.68. The van der Waals surface area contributed by atoms with Gasteiger partial charge in [-0.2, -0.15) is 0 Å². The van der Waals surface area contributed by atoms with Gasteiger partial charge in [-0.15, -0.1) is 24.8 Å². The highest BCUT2D eigenvalue weighted by atomic mass is 35.5. The van der Waals surface area contributed by atoms with Crippen LogP contribution in [0.5, 0.6) is 11.5 Å². The zero-order valence-electron chi connectivity index (χ0n) is 14.3. The van der Waals surface area contributed by atoms with E-state index in [2.05, 4.69) is 34.5 Å². The highest BCUT2D eigenvalue weighted by molar-refractivity contribution is 5.85. The minimum atomic E-state index is 0. The average Bonchev–Trinajstić information content (AvgIpc) is 3.44. The third-order valence-corrected chi connectivity index (χ3v) is 4.81. The molecule has 0 aromatic heterocycles. The lowest BCUT2D eigenvalue weighted by atomic mass is 9.99. The fourth-order valence-electron chi connectivity index (χ4n) is 3.51. The van der Waals surface area contributed by atoms with E-state index in [1.165, 1.54) is 18.4 Å². The predicted molar refractivity (Wildman–Crippen MR) is 107 cm³/mol. The number of hydrogen-bond acceptors (Lipinski definition) is 3. The Kier molecular flexibility index (Phi) is 7.57. The minimum absolute atomic E-state index is 0. The van der Waals surface area contributed by atoms with E-state index in [4.69, 9.17) is 4.74 Å². The summed E-state index contributed by atoms with van der Waals surface area (Å²) < 4.78 is 5.91. The van der Waals surface area contributed by atoms with Crippen molar-refractivity contribution in [2.45, 2.75) is 18.9 Å². The van der Waals surface area contributed by atoms with Crippen LogP contribution in [-0.2, 0) is 0 Å². The highest BCUT2D eigenvalue weighted by Gasteiger charge is 2.36. The molecule has 1 heterocycles. The molecule has 1 saturated heterocycles. The number of benzene rings is 2. The van der Waals surface area contributed by atoms with Crippen LogP contribution in [0.1, 0.15) is 24.4 Å². The van der Waals surface area contributed by atoms with Crippen LogP contribution >= 0.6 is 24.8 Å². The van der Waals surface area contributed by atoms with Crippen LogP contribution in [0.2, 0.25) is 0 Å². The van der Waals surface area contributed by atoms with Crippen molar-refractivity contribution in [1.29, 1.82) is 0 Å². The maximum atomic E-state index is 5.91. The van der Waals surface area contributed by atoms with E-state index in [9.17, 15) is 0 Å². The Bertz CT molecular complexity index is 626. The fraction of sp³-hybridized carbons (Fsp3) is 0.400. The quantitative estimate of drug-likeness (QED) is 0.814. The molecule has 0 bridgehead atoms. The summed E-state index contributed by atoms with van der Waals surface area (Å²) in [5.41, 5.74) is 1.44. The van der Waals surface area contributed by atoms with Crippen LogP contribution in [-0.4, -0.2) is 31.1 Å². The summed E-state index contributed by atoms with van der Waals surface area (Å²) >= 11 is 0. The second-order valence-electron chi connectivity index (χ2n) is 6.55. The summed E-state index contributed by atoms with van der Waals surface area (Å²) in [6.07, 6.45) is 2.74. The number of halogens is 2. The second kappa shape index (κ2) is 9.44. The van der Waals surface area contributed by atoms with Gasteiger partial charge in [-0.1, -0.05) is 30.3 Å². The zero-order chi connectivity index (χ0) is 15.5. The van der Waals surface area contributed by atoms with E-state index in [0.717, 1.165) is 43.6 Å². The summed E-state index contributed by atoms with van der Waals surface area (Å²) in [7, 11) is 0. The number of nitrogens with zero attached hydrogens (tertiary/aromatic N) is 1. The van der Waals surface area contributed by atoms with Gasteiger partial charge in [0.25, 0.3) is 0 Å². The number of rotatable bonds is 5. The molecule has 2 fully saturated rings. The zero-order valence-corrected chi connectivity index (χ0v) is 15.9. The number of piperazine rings is 1. The molecule has 0 spiro atoms. The molecule has 1 aliphatic carbocycles. The smallest absolute Gasteiger partial charge is 0.127 e. The van der Waals surface area contributed by atoms with Gasteiger partial charge in [0, 0.05) is 32.2 Å². The van der Waals surface area contributed by atoms with Crippen LogP contribution < -0.4 is 10.1 Å². The molecule has 3 nitrogen and oxygen atoms in total. The van der Waals surface area contributed by atoms with Crippen LogP contribution in [0.15, 0.2) is 54.6 Å². The van der Waals surface area contributed by atoms with Gasteiger partial charge in [-0.3, -0.25) is 4.90 Å². The average molecular weight is 381 g/mol. The SMILES string of the molecule is Cl.Cl.c1ccc(Oc2ccc([C@@H](C3CC3)N3CCNCC3)cc2)cc1. The third kappa shape index (κ3) is 5.11. The number of para-hydroxylation sites is 1. The molecule has 0 amide bonds. The van der Waals surface area contributed by atoms with Gasteiger partial charge in [0.05, 0.1) is 0 Å². The van der Waals surface area contributed by atoms with E-state index >= 15 is 0 Å². The molecule has 1 aliphatic heterocycles.